The van der Waals surface area contributed by atoms with Gasteiger partial charge in [0.25, 0.3) is 0 Å². The quantitative estimate of drug-likeness (QED) is 0.0126. The number of unbranched alkanes of at least 4 members (excludes halogenated alkanes) is 3. The van der Waals surface area contributed by atoms with Gasteiger partial charge in [0.15, 0.2) is 5.96 Å². The number of fused-ring (bicyclic) bond motifs is 4. The summed E-state index contributed by atoms with van der Waals surface area (Å²) in [6.45, 7) is 7.20. The molecule has 3 aliphatic rings. The molecule has 0 aliphatic carbocycles. The fraction of sp³-hybridized carbons (Fsp3) is 0.537. The van der Waals surface area contributed by atoms with Gasteiger partial charge in [-0.15, -0.1) is 11.8 Å². The van der Waals surface area contributed by atoms with E-state index in [1.165, 1.54) is 71.8 Å². The van der Waals surface area contributed by atoms with Crippen molar-refractivity contribution >= 4 is 146 Å². The van der Waals surface area contributed by atoms with Crippen LogP contribution < -0.4 is 81.0 Å². The first kappa shape index (κ1) is 111. The molecule has 0 radical (unpaired) electrons. The molecule has 3 aliphatic heterocycles. The molecule has 6 aromatic rings. The molecular weight excluding hydrogens is 1860 g/mol. The molecule has 6 heterocycles. The lowest BCUT2D eigenvalue weighted by Gasteiger charge is -2.36. The molecule has 0 spiro atoms. The standard InChI is InChI=1S/C95H135N25O21S/c1-10-12-14-27-75-94(141)117(8)73(26-13-11-2)87(134)108-64(25-19-33-101-95(98)99)83(130)115-72(82(129)104-45-78(125)106-52(5)80(97)127)48-142-49-79(126)107-68(36-54-29-31-58(122)32-30-54)90(137)116(7)53(6)81(128)111-70(41-77(96)124)92(139)119-34-20-28-74(119)88(135)110-66(39-57-44-100-50-105-57)85(132)112-67(35-51(3)4)93(140)120-46-59(123)40-76(120)89(136)109-65(37-55-42-102-62-23-17-15-21-60(55)62)84(131)114-71(47-121)86(133)113-69(91(138)118(75)9)38-56-43-103-63-24-18-16-22-61(56)63/h15-18,21-24,29-32,42-44,50-53,59,64-76,102-103,121-123H,10-14,19-20,25-28,33-41,45-49H2,1-9H3,(H2,96,124)(H2,97,127)(H,100,105)(H,104,129)(H,106,125)(H,107,126)(H,108,134)(H,109,136)(H,110,135)(H,111,128)(H,112,132)(H,113,133)(H,114,131)(H,115,130)(H4,98,99,101)/t52-,53-,59+,64-,65-,66-,67-,68-,69-,70-,71-,72-,73-,74-,75-,76-/m0/s1. The number of guanidine groups is 1. The van der Waals surface area contributed by atoms with Gasteiger partial charge in [-0.2, -0.15) is 0 Å². The van der Waals surface area contributed by atoms with E-state index in [1.807, 2.05) is 13.8 Å². The van der Waals surface area contributed by atoms with Crippen molar-refractivity contribution < 1.29 is 102 Å². The number of carbonyl (C=O) groups excluding carboxylic acids is 18. The average molecular weight is 2000 g/mol. The van der Waals surface area contributed by atoms with Crippen LogP contribution in [0.4, 0.5) is 0 Å². The lowest BCUT2D eigenvalue weighted by molar-refractivity contribution is -0.149. The predicted octanol–water partition coefficient (Wildman–Crippen LogP) is -3.03. The Morgan fingerprint density at radius 3 is 1.71 bits per heavy atom. The number of primary amides is 2. The maximum absolute atomic E-state index is 15.9. The Balaban J connectivity index is 1.12. The summed E-state index contributed by atoms with van der Waals surface area (Å²) >= 11 is 0.730. The molecule has 25 N–H and O–H groups in total. The summed E-state index contributed by atoms with van der Waals surface area (Å²) < 4.78 is 0. The number of aliphatic hydroxyl groups excluding tert-OH is 2. The van der Waals surface area contributed by atoms with Crippen LogP contribution in [0, 0.1) is 11.3 Å². The number of phenols is 1. The number of imidazole rings is 1. The molecular formula is C95H135N25O21S. The minimum Gasteiger partial charge on any atom is -0.508 e. The molecule has 18 amide bonds. The smallest absolute Gasteiger partial charge is 0.246 e. The summed E-state index contributed by atoms with van der Waals surface area (Å²) in [7, 11) is 3.89. The maximum Gasteiger partial charge on any atom is 0.246 e. The summed E-state index contributed by atoms with van der Waals surface area (Å²) in [5, 5.41) is 73.7. The van der Waals surface area contributed by atoms with Crippen LogP contribution in [0.2, 0.25) is 0 Å². The summed E-state index contributed by atoms with van der Waals surface area (Å²) in [4.78, 5) is 284. The number of phenolic OH excluding ortho intramolecular Hbond substituents is 1. The fourth-order valence-corrected chi connectivity index (χ4v) is 18.2. The van der Waals surface area contributed by atoms with E-state index in [1.54, 1.807) is 74.8 Å². The van der Waals surface area contributed by atoms with E-state index in [2.05, 4.69) is 83.7 Å². The Kier molecular flexibility index (Phi) is 41.9. The van der Waals surface area contributed by atoms with Crippen molar-refractivity contribution in [1.82, 2.24) is 108 Å². The molecule has 0 bridgehead atoms. The number of hydrogen-bond donors (Lipinski definition) is 22. The number of nitrogens with one attached hydrogen (secondary N) is 16. The third kappa shape index (κ3) is 31.4. The molecule has 47 heteroatoms. The van der Waals surface area contributed by atoms with Gasteiger partial charge in [0.1, 0.15) is 96.4 Å². The van der Waals surface area contributed by atoms with E-state index in [-0.39, 0.29) is 95.4 Å². The lowest BCUT2D eigenvalue weighted by Crippen LogP contribution is -2.62. The van der Waals surface area contributed by atoms with Crippen molar-refractivity contribution in [2.24, 2.45) is 23.1 Å². The second-order valence-corrected chi connectivity index (χ2v) is 37.6. The first-order chi connectivity index (χ1) is 67.6. The van der Waals surface area contributed by atoms with Crippen LogP contribution in [0.1, 0.15) is 154 Å². The van der Waals surface area contributed by atoms with Gasteiger partial charge in [-0.05, 0) is 106 Å². The Morgan fingerprint density at radius 2 is 1.11 bits per heavy atom. The zero-order valence-electron chi connectivity index (χ0n) is 81.2. The molecule has 3 aromatic carbocycles. The van der Waals surface area contributed by atoms with E-state index in [0.29, 0.717) is 76.3 Å². The minimum absolute atomic E-state index is 0.00181. The van der Waals surface area contributed by atoms with Gasteiger partial charge in [0.2, 0.25) is 106 Å². The lowest BCUT2D eigenvalue weighted by atomic mass is 9.99. The van der Waals surface area contributed by atoms with E-state index in [0.717, 1.165) is 36.3 Å². The Morgan fingerprint density at radius 1 is 0.556 bits per heavy atom. The van der Waals surface area contributed by atoms with Crippen LogP contribution in [-0.2, 0) is 112 Å². The van der Waals surface area contributed by atoms with Crippen molar-refractivity contribution in [2.45, 2.75) is 254 Å². The summed E-state index contributed by atoms with van der Waals surface area (Å²) in [6, 6.07) is -3.89. The molecule has 3 saturated heterocycles. The maximum atomic E-state index is 15.9. The highest BCUT2D eigenvalue weighted by atomic mass is 32.2. The first-order valence-electron chi connectivity index (χ1n) is 47.7. The van der Waals surface area contributed by atoms with Crippen molar-refractivity contribution in [3.8, 4) is 5.75 Å². The van der Waals surface area contributed by atoms with Crippen molar-refractivity contribution in [3.05, 3.63) is 120 Å². The molecule has 3 fully saturated rings. The molecule has 772 valence electrons. The molecule has 0 saturated carbocycles. The summed E-state index contributed by atoms with van der Waals surface area (Å²) in [5.74, 6) is -19.3. The zero-order valence-corrected chi connectivity index (χ0v) is 82.1. The molecule has 3 aromatic heterocycles. The van der Waals surface area contributed by atoms with Gasteiger partial charge in [0.05, 0.1) is 37.8 Å². The number of H-pyrrole nitrogens is 3. The first-order valence-corrected chi connectivity index (χ1v) is 48.8. The molecule has 16 atom stereocenters. The number of nitrogens with two attached hydrogens (primary N) is 3. The van der Waals surface area contributed by atoms with Crippen LogP contribution in [-0.4, -0.2) is 334 Å². The highest BCUT2D eigenvalue weighted by Gasteiger charge is 2.47. The number of nitrogens with zero attached hydrogens (tertiary/aromatic N) is 6. The topological polar surface area (TPSA) is 691 Å². The van der Waals surface area contributed by atoms with Crippen LogP contribution in [0.25, 0.3) is 21.8 Å². The predicted molar refractivity (Wildman–Crippen MR) is 522 cm³/mol. The van der Waals surface area contributed by atoms with Gasteiger partial charge < -0.3 is 136 Å². The van der Waals surface area contributed by atoms with Gasteiger partial charge in [-0.1, -0.05) is 108 Å². The third-order valence-corrected chi connectivity index (χ3v) is 26.4. The van der Waals surface area contributed by atoms with Gasteiger partial charge >= 0.3 is 0 Å². The number of carbonyl (C=O) groups is 18. The normalized spacial score (nSPS) is 24.3. The Labute approximate surface area is 825 Å². The van der Waals surface area contributed by atoms with Gasteiger partial charge in [0, 0.05) is 125 Å². The van der Waals surface area contributed by atoms with Gasteiger partial charge in [-0.3, -0.25) is 91.7 Å². The number of amides is 18. The van der Waals surface area contributed by atoms with Crippen LogP contribution in [0.5, 0.6) is 5.75 Å². The SMILES string of the molecule is CCCCC[C@H]1C(=O)N(C)[C@@H](CCCC)C(=O)N[C@@H](CCCNC(=N)N)C(=O)N[C@H](C(=O)NCC(=O)N[C@@H](C)C(N)=O)CSCC(=O)N[C@@H](Cc2ccc(O)cc2)C(=O)N(C)[C@@H](C)C(=O)N[C@@H](CC(N)=O)C(=O)N2CCC[C@H]2C(=O)N[C@@H](Cc2cnc[nH]2)C(=O)N[C@@H](CC(C)C)C(=O)N2C[C@H](O)C[C@H]2C(=O)N[C@@H](Cc2c[nH]c3ccccc23)C(=O)N[C@@H](CO)C(=O)N[C@@H](Cc2c[nH]c3ccccc23)C(=O)N1C. The molecule has 142 heavy (non-hydrogen) atoms. The summed E-state index contributed by atoms with van der Waals surface area (Å²) in [6.07, 6.45) is 4.07. The number of aromatic nitrogens is 4. The minimum atomic E-state index is -1.91. The number of likely N-dealkylation sites (N-methyl/N-ethyl adjacent to an activating group) is 3. The number of hydrogen-bond acceptors (Lipinski definition) is 24. The molecule has 0 unspecified atom stereocenters. The largest absolute Gasteiger partial charge is 0.508 e. The molecule has 9 rings (SSSR count). The van der Waals surface area contributed by atoms with Crippen LogP contribution in [0.15, 0.2) is 97.7 Å². The van der Waals surface area contributed by atoms with Crippen LogP contribution in [0.3, 0.4) is 0 Å². The van der Waals surface area contributed by atoms with Crippen LogP contribution >= 0.6 is 11.8 Å². The zero-order chi connectivity index (χ0) is 104. The van der Waals surface area contributed by atoms with Gasteiger partial charge in [-0.25, -0.2) is 4.98 Å². The number of aromatic amines is 3. The van der Waals surface area contributed by atoms with E-state index >= 15 is 43.2 Å². The Hall–Kier alpha value is -14.3. The average Bonchev–Trinajstić information content (AvgIpc) is 1.64. The van der Waals surface area contributed by atoms with E-state index in [9.17, 15) is 58.5 Å². The fourth-order valence-electron chi connectivity index (χ4n) is 17.3. The number of aromatic hydroxyl groups is 1. The highest BCUT2D eigenvalue weighted by molar-refractivity contribution is 8.00. The second kappa shape index (κ2) is 53.4. The van der Waals surface area contributed by atoms with Crippen molar-refractivity contribution in [1.29, 1.82) is 5.41 Å². The number of aliphatic hydroxyl groups is 2. The van der Waals surface area contributed by atoms with E-state index in [4.69, 9.17) is 22.6 Å². The second-order valence-electron chi connectivity index (χ2n) is 36.6. The monoisotopic (exact) mass is 1990 g/mol. The number of thioether (sulfide) groups is 1. The third-order valence-electron chi connectivity index (χ3n) is 25.4. The number of para-hydroxylation sites is 2. The highest BCUT2D eigenvalue weighted by Crippen LogP contribution is 2.28. The Bertz CT molecular complexity index is 5460. The van der Waals surface area contributed by atoms with E-state index < -0.39 is 253 Å². The van der Waals surface area contributed by atoms with Crippen molar-refractivity contribution in [2.75, 3.05) is 65.4 Å². The number of rotatable bonds is 29. The van der Waals surface area contributed by atoms with Crippen molar-refractivity contribution in [3.63, 3.8) is 0 Å². The number of benzene rings is 3. The summed E-state index contributed by atoms with van der Waals surface area (Å²) in [5.41, 5.74) is 19.7. The molecule has 46 nitrogen and oxygen atoms in total.